The van der Waals surface area contributed by atoms with Gasteiger partial charge in [0, 0.05) is 12.2 Å². The topological polar surface area (TPSA) is 78.4 Å². The summed E-state index contributed by atoms with van der Waals surface area (Å²) in [6, 6.07) is 6.56. The summed E-state index contributed by atoms with van der Waals surface area (Å²) in [7, 11) is -3.51. The highest BCUT2D eigenvalue weighted by Crippen LogP contribution is 2.10. The lowest BCUT2D eigenvalue weighted by Crippen LogP contribution is -2.32. The van der Waals surface area contributed by atoms with E-state index in [0.29, 0.717) is 12.2 Å². The van der Waals surface area contributed by atoms with Gasteiger partial charge in [0.1, 0.15) is 0 Å². The Kier molecular flexibility index (Phi) is 4.92. The van der Waals surface area contributed by atoms with Gasteiger partial charge in [0.2, 0.25) is 0 Å². The van der Waals surface area contributed by atoms with Crippen molar-refractivity contribution in [2.75, 3.05) is 11.3 Å². The second-order valence-corrected chi connectivity index (χ2v) is 5.70. The predicted molar refractivity (Wildman–Crippen MR) is 67.7 cm³/mol. The van der Waals surface area contributed by atoms with Crippen LogP contribution in [-0.4, -0.2) is 20.1 Å². The quantitative estimate of drug-likeness (QED) is 0.714. The van der Waals surface area contributed by atoms with E-state index in [2.05, 4.69) is 9.44 Å². The van der Waals surface area contributed by atoms with Gasteiger partial charge in [-0.25, -0.2) is 0 Å². The molecule has 0 aromatic heterocycles. The molecule has 0 spiro atoms. The summed E-state index contributed by atoms with van der Waals surface area (Å²) in [4.78, 5) is 0. The third-order valence-electron chi connectivity index (χ3n) is 2.07. The normalized spacial score (nSPS) is 11.8. The zero-order valence-electron chi connectivity index (χ0n) is 9.97. The summed E-state index contributed by atoms with van der Waals surface area (Å²) >= 11 is 0. The summed E-state index contributed by atoms with van der Waals surface area (Å²) < 4.78 is 28.0. The van der Waals surface area contributed by atoms with Crippen molar-refractivity contribution in [3.05, 3.63) is 29.8 Å². The monoisotopic (exact) mass is 258 g/mol. The summed E-state index contributed by atoms with van der Waals surface area (Å²) in [6.07, 6.45) is 0. The first-order valence-electron chi connectivity index (χ1n) is 5.40. The van der Waals surface area contributed by atoms with E-state index < -0.39 is 10.2 Å². The van der Waals surface area contributed by atoms with Crippen molar-refractivity contribution < 1.29 is 13.5 Å². The molecule has 1 rings (SSSR count). The maximum atomic E-state index is 11.6. The molecule has 0 saturated carbocycles. The lowest BCUT2D eigenvalue weighted by molar-refractivity contribution is 0.282. The predicted octanol–water partition coefficient (Wildman–Crippen LogP) is 1.08. The van der Waals surface area contributed by atoms with Crippen LogP contribution in [0.5, 0.6) is 0 Å². The van der Waals surface area contributed by atoms with Gasteiger partial charge in [-0.15, -0.1) is 0 Å². The highest BCUT2D eigenvalue weighted by Gasteiger charge is 2.09. The van der Waals surface area contributed by atoms with Crippen molar-refractivity contribution in [3.63, 3.8) is 0 Å². The van der Waals surface area contributed by atoms with Crippen LogP contribution in [0.3, 0.4) is 0 Å². The van der Waals surface area contributed by atoms with E-state index in [1.165, 1.54) is 0 Å². The molecular formula is C11H18N2O3S. The fraction of sp³-hybridized carbons (Fsp3) is 0.455. The average Bonchev–Trinajstić information content (AvgIpc) is 2.27. The Labute approximate surface area is 102 Å². The first kappa shape index (κ1) is 14.0. The van der Waals surface area contributed by atoms with Crippen LogP contribution < -0.4 is 9.44 Å². The van der Waals surface area contributed by atoms with Crippen molar-refractivity contribution in [2.24, 2.45) is 5.92 Å². The molecule has 0 heterocycles. The smallest absolute Gasteiger partial charge is 0.299 e. The Morgan fingerprint density at radius 3 is 2.29 bits per heavy atom. The molecule has 96 valence electrons. The van der Waals surface area contributed by atoms with Gasteiger partial charge in [-0.05, 0) is 23.6 Å². The van der Waals surface area contributed by atoms with E-state index >= 15 is 0 Å². The zero-order valence-corrected chi connectivity index (χ0v) is 10.8. The van der Waals surface area contributed by atoms with E-state index in [9.17, 15) is 8.42 Å². The minimum absolute atomic E-state index is 0.0569. The molecule has 0 atom stereocenters. The van der Waals surface area contributed by atoms with Gasteiger partial charge in [0.15, 0.2) is 0 Å². The third-order valence-corrected chi connectivity index (χ3v) is 3.12. The van der Waals surface area contributed by atoms with Crippen LogP contribution in [-0.2, 0) is 16.8 Å². The molecule has 0 fully saturated rings. The molecule has 0 unspecified atom stereocenters. The second-order valence-electron chi connectivity index (χ2n) is 4.20. The van der Waals surface area contributed by atoms with Crippen molar-refractivity contribution in [2.45, 2.75) is 20.5 Å². The Morgan fingerprint density at radius 1 is 1.24 bits per heavy atom. The van der Waals surface area contributed by atoms with Gasteiger partial charge in [-0.3, -0.25) is 4.72 Å². The molecule has 1 aromatic carbocycles. The average molecular weight is 258 g/mol. The number of hydrogen-bond donors (Lipinski definition) is 3. The van der Waals surface area contributed by atoms with Gasteiger partial charge in [-0.2, -0.15) is 13.1 Å². The Hall–Kier alpha value is -1.11. The van der Waals surface area contributed by atoms with Crippen LogP contribution in [0.1, 0.15) is 19.4 Å². The first-order valence-corrected chi connectivity index (χ1v) is 6.88. The molecule has 0 aliphatic heterocycles. The van der Waals surface area contributed by atoms with Gasteiger partial charge >= 0.3 is 0 Å². The molecule has 0 bridgehead atoms. The van der Waals surface area contributed by atoms with E-state index in [1.54, 1.807) is 24.3 Å². The largest absolute Gasteiger partial charge is 0.392 e. The number of rotatable bonds is 6. The number of benzene rings is 1. The fourth-order valence-electron chi connectivity index (χ4n) is 1.15. The van der Waals surface area contributed by atoms with Crippen LogP contribution in [0.15, 0.2) is 24.3 Å². The minimum Gasteiger partial charge on any atom is -0.392 e. The second kappa shape index (κ2) is 6.00. The summed E-state index contributed by atoms with van der Waals surface area (Å²) in [5.41, 5.74) is 1.21. The van der Waals surface area contributed by atoms with E-state index in [-0.39, 0.29) is 12.5 Å². The standard InChI is InChI=1S/C11H18N2O3S/c1-9(2)7-12-17(15,16)13-11-5-3-10(8-14)4-6-11/h3-6,9,12-14H,7-8H2,1-2H3. The molecule has 0 aliphatic carbocycles. The number of nitrogens with one attached hydrogen (secondary N) is 2. The molecular weight excluding hydrogens is 240 g/mol. The van der Waals surface area contributed by atoms with Crippen molar-refractivity contribution in [3.8, 4) is 0 Å². The van der Waals surface area contributed by atoms with Crippen molar-refractivity contribution in [1.29, 1.82) is 0 Å². The minimum atomic E-state index is -3.51. The van der Waals surface area contributed by atoms with Gasteiger partial charge < -0.3 is 5.11 Å². The highest BCUT2D eigenvalue weighted by atomic mass is 32.2. The van der Waals surface area contributed by atoms with E-state index in [0.717, 1.165) is 5.56 Å². The molecule has 3 N–H and O–H groups in total. The van der Waals surface area contributed by atoms with Crippen LogP contribution in [0.25, 0.3) is 0 Å². The molecule has 0 aliphatic rings. The number of anilines is 1. The van der Waals surface area contributed by atoms with Gasteiger partial charge in [0.25, 0.3) is 10.2 Å². The Bertz CT molecular complexity index is 440. The van der Waals surface area contributed by atoms with Crippen LogP contribution in [0.4, 0.5) is 5.69 Å². The Morgan fingerprint density at radius 2 is 1.82 bits per heavy atom. The van der Waals surface area contributed by atoms with Gasteiger partial charge in [-0.1, -0.05) is 26.0 Å². The molecule has 0 radical (unpaired) electrons. The van der Waals surface area contributed by atoms with Crippen LogP contribution in [0, 0.1) is 5.92 Å². The third kappa shape index (κ3) is 5.16. The van der Waals surface area contributed by atoms with E-state index in [1.807, 2.05) is 13.8 Å². The summed E-state index contributed by atoms with van der Waals surface area (Å²) in [5.74, 6) is 0.253. The first-order chi connectivity index (χ1) is 7.93. The summed E-state index contributed by atoms with van der Waals surface area (Å²) in [5, 5.41) is 8.86. The SMILES string of the molecule is CC(C)CNS(=O)(=O)Nc1ccc(CO)cc1. The highest BCUT2D eigenvalue weighted by molar-refractivity contribution is 7.90. The fourth-order valence-corrected chi connectivity index (χ4v) is 2.22. The maximum absolute atomic E-state index is 11.6. The van der Waals surface area contributed by atoms with Crippen molar-refractivity contribution in [1.82, 2.24) is 4.72 Å². The maximum Gasteiger partial charge on any atom is 0.299 e. The lowest BCUT2D eigenvalue weighted by atomic mass is 10.2. The molecule has 6 heteroatoms. The molecule has 0 saturated heterocycles. The number of aliphatic hydroxyl groups is 1. The molecule has 0 amide bonds. The molecule has 5 nitrogen and oxygen atoms in total. The van der Waals surface area contributed by atoms with Crippen LogP contribution in [0.2, 0.25) is 0 Å². The molecule has 17 heavy (non-hydrogen) atoms. The number of hydrogen-bond acceptors (Lipinski definition) is 3. The van der Waals surface area contributed by atoms with Crippen LogP contribution >= 0.6 is 0 Å². The number of aliphatic hydroxyl groups excluding tert-OH is 1. The Balaban J connectivity index is 2.63. The molecule has 1 aromatic rings. The summed E-state index contributed by atoms with van der Waals surface area (Å²) in [6.45, 7) is 4.19. The van der Waals surface area contributed by atoms with Gasteiger partial charge in [0.05, 0.1) is 6.61 Å². The van der Waals surface area contributed by atoms with Crippen molar-refractivity contribution >= 4 is 15.9 Å². The van der Waals surface area contributed by atoms with E-state index in [4.69, 9.17) is 5.11 Å². The zero-order chi connectivity index (χ0) is 12.9. The lowest BCUT2D eigenvalue weighted by Gasteiger charge is -2.11.